The maximum Gasteiger partial charge on any atom is 0.410 e. The van der Waals surface area contributed by atoms with Crippen molar-refractivity contribution in [3.8, 4) is 0 Å². The number of amides is 2. The lowest BCUT2D eigenvalue weighted by Crippen LogP contribution is -2.71. The van der Waals surface area contributed by atoms with Crippen molar-refractivity contribution in [3.63, 3.8) is 0 Å². The molecule has 0 radical (unpaired) electrons. The summed E-state index contributed by atoms with van der Waals surface area (Å²) in [5.74, 6) is -1.32. The maximum atomic E-state index is 12.0. The zero-order chi connectivity index (χ0) is 16.1. The van der Waals surface area contributed by atoms with Crippen molar-refractivity contribution >= 4 is 18.0 Å². The number of carbonyl (C=O) groups is 3. The van der Waals surface area contributed by atoms with Gasteiger partial charge in [0, 0.05) is 24.9 Å². The van der Waals surface area contributed by atoms with E-state index in [0.717, 1.165) is 0 Å². The fraction of sp³-hybridized carbons (Fsp3) is 0.786. The smallest absolute Gasteiger partial charge is 0.410 e. The molecule has 2 amide bonds. The molecule has 2 aliphatic rings. The Morgan fingerprint density at radius 1 is 1.38 bits per heavy atom. The molecule has 0 aromatic carbocycles. The Morgan fingerprint density at radius 3 is 2.38 bits per heavy atom. The van der Waals surface area contributed by atoms with Crippen molar-refractivity contribution in [3.05, 3.63) is 0 Å². The molecule has 7 nitrogen and oxygen atoms in total. The Hall–Kier alpha value is -1.79. The van der Waals surface area contributed by atoms with E-state index in [1.165, 1.54) is 4.90 Å². The summed E-state index contributed by atoms with van der Waals surface area (Å²) in [5.41, 5.74) is -2.62. The summed E-state index contributed by atoms with van der Waals surface area (Å²) in [7, 11) is 0. The van der Waals surface area contributed by atoms with E-state index in [9.17, 15) is 19.5 Å². The van der Waals surface area contributed by atoms with Crippen LogP contribution in [0.2, 0.25) is 0 Å². The number of aliphatic carboxylic acids is 1. The van der Waals surface area contributed by atoms with E-state index >= 15 is 0 Å². The normalized spacial score (nSPS) is 27.2. The van der Waals surface area contributed by atoms with E-state index < -0.39 is 28.6 Å². The van der Waals surface area contributed by atoms with Crippen molar-refractivity contribution in [1.29, 1.82) is 0 Å². The molecule has 1 unspecified atom stereocenters. The Morgan fingerprint density at radius 2 is 1.95 bits per heavy atom. The largest absolute Gasteiger partial charge is 0.479 e. The number of likely N-dealkylation sites (tertiary alicyclic amines) is 1. The minimum absolute atomic E-state index is 0.131. The first-order chi connectivity index (χ1) is 9.55. The number of nitrogens with one attached hydrogen (secondary N) is 1. The molecule has 2 rings (SSSR count). The molecule has 2 heterocycles. The fourth-order valence-corrected chi connectivity index (χ4v) is 3.29. The van der Waals surface area contributed by atoms with Crippen LogP contribution in [0.3, 0.4) is 0 Å². The monoisotopic (exact) mass is 298 g/mol. The molecular weight excluding hydrogens is 276 g/mol. The molecule has 0 bridgehead atoms. The summed E-state index contributed by atoms with van der Waals surface area (Å²) in [6.45, 7) is 7.50. The summed E-state index contributed by atoms with van der Waals surface area (Å²) < 4.78 is 5.27. The second-order valence-electron chi connectivity index (χ2n) is 6.91. The molecule has 1 atom stereocenters. The Bertz CT molecular complexity index is 490. The zero-order valence-electron chi connectivity index (χ0n) is 12.9. The molecule has 2 aliphatic heterocycles. The number of ether oxygens (including phenoxy) is 1. The van der Waals surface area contributed by atoms with Crippen LogP contribution in [0.1, 0.15) is 40.5 Å². The van der Waals surface area contributed by atoms with Gasteiger partial charge in [-0.15, -0.1) is 0 Å². The van der Waals surface area contributed by atoms with E-state index in [1.807, 2.05) is 0 Å². The molecule has 0 saturated carbocycles. The molecule has 0 aromatic rings. The summed E-state index contributed by atoms with van der Waals surface area (Å²) in [4.78, 5) is 36.8. The van der Waals surface area contributed by atoms with E-state index in [2.05, 4.69) is 5.32 Å². The average Bonchev–Trinajstić information content (AvgIpc) is 2.58. The number of hydrogen-bond donors (Lipinski definition) is 2. The van der Waals surface area contributed by atoms with E-state index in [1.54, 1.807) is 27.7 Å². The highest BCUT2D eigenvalue weighted by Gasteiger charge is 2.67. The average molecular weight is 298 g/mol. The summed E-state index contributed by atoms with van der Waals surface area (Å²) in [6, 6.07) is 0. The highest BCUT2D eigenvalue weighted by atomic mass is 16.6. The molecule has 2 N–H and O–H groups in total. The maximum absolute atomic E-state index is 12.0. The second-order valence-corrected chi connectivity index (χ2v) is 6.91. The second kappa shape index (κ2) is 4.61. The van der Waals surface area contributed by atoms with Gasteiger partial charge in [0.1, 0.15) is 11.1 Å². The molecular formula is C14H22N2O5. The van der Waals surface area contributed by atoms with Crippen molar-refractivity contribution in [2.45, 2.75) is 51.7 Å². The van der Waals surface area contributed by atoms with Gasteiger partial charge in [-0.2, -0.15) is 0 Å². The van der Waals surface area contributed by atoms with Crippen molar-refractivity contribution in [1.82, 2.24) is 10.2 Å². The van der Waals surface area contributed by atoms with Crippen LogP contribution in [-0.4, -0.2) is 52.2 Å². The molecule has 7 heteroatoms. The van der Waals surface area contributed by atoms with Crippen LogP contribution in [0, 0.1) is 5.41 Å². The van der Waals surface area contributed by atoms with Crippen molar-refractivity contribution in [2.75, 3.05) is 13.1 Å². The van der Waals surface area contributed by atoms with Gasteiger partial charge in [-0.05, 0) is 27.2 Å². The summed E-state index contributed by atoms with van der Waals surface area (Å²) in [5, 5.41) is 12.1. The molecule has 2 fully saturated rings. The summed E-state index contributed by atoms with van der Waals surface area (Å²) >= 11 is 0. The number of nitrogens with zero attached hydrogens (tertiary/aromatic N) is 1. The minimum atomic E-state index is -1.29. The standard InChI is InChI=1S/C14H22N2O5/c1-5-14(10(18)19)13(6-9(17)15-14)7-16(8-13)11(20)21-12(2,3)4/h5-8H2,1-4H3,(H,15,17)(H,18,19). The summed E-state index contributed by atoms with van der Waals surface area (Å²) in [6.07, 6.45) is -0.0503. The van der Waals surface area contributed by atoms with Gasteiger partial charge in [-0.25, -0.2) is 9.59 Å². The van der Waals surface area contributed by atoms with Crippen LogP contribution in [0.5, 0.6) is 0 Å². The minimum Gasteiger partial charge on any atom is -0.479 e. The zero-order valence-corrected chi connectivity index (χ0v) is 12.9. The SMILES string of the molecule is CCC1(C(=O)O)NC(=O)CC12CN(C(=O)OC(C)(C)C)C2. The van der Waals surface area contributed by atoms with Gasteiger partial charge < -0.3 is 20.1 Å². The third-order valence-electron chi connectivity index (χ3n) is 4.29. The van der Waals surface area contributed by atoms with Crippen LogP contribution < -0.4 is 5.32 Å². The van der Waals surface area contributed by atoms with Crippen LogP contribution in [0.25, 0.3) is 0 Å². The van der Waals surface area contributed by atoms with Crippen molar-refractivity contribution in [2.24, 2.45) is 5.41 Å². The number of hydrogen-bond acceptors (Lipinski definition) is 4. The molecule has 0 aromatic heterocycles. The molecule has 0 aliphatic carbocycles. The fourth-order valence-electron chi connectivity index (χ4n) is 3.29. The van der Waals surface area contributed by atoms with Crippen LogP contribution >= 0.6 is 0 Å². The van der Waals surface area contributed by atoms with Crippen molar-refractivity contribution < 1.29 is 24.2 Å². The lowest BCUT2D eigenvalue weighted by molar-refractivity contribution is -0.157. The number of carboxylic acid groups (broad SMARTS) is 1. The predicted molar refractivity (Wildman–Crippen MR) is 73.7 cm³/mol. The van der Waals surface area contributed by atoms with Gasteiger partial charge in [0.15, 0.2) is 0 Å². The van der Waals surface area contributed by atoms with Crippen LogP contribution in [0.15, 0.2) is 0 Å². The Labute approximate surface area is 123 Å². The topological polar surface area (TPSA) is 95.9 Å². The van der Waals surface area contributed by atoms with Crippen LogP contribution in [0.4, 0.5) is 4.79 Å². The van der Waals surface area contributed by atoms with E-state index in [4.69, 9.17) is 4.74 Å². The Kier molecular flexibility index (Phi) is 3.42. The lowest BCUT2D eigenvalue weighted by atomic mass is 9.63. The van der Waals surface area contributed by atoms with Gasteiger partial charge in [0.25, 0.3) is 0 Å². The Balaban J connectivity index is 2.14. The first kappa shape index (κ1) is 15.6. The van der Waals surface area contributed by atoms with Gasteiger partial charge >= 0.3 is 12.1 Å². The first-order valence-electron chi connectivity index (χ1n) is 7.08. The van der Waals surface area contributed by atoms with Gasteiger partial charge in [0.2, 0.25) is 5.91 Å². The third kappa shape index (κ3) is 2.34. The number of rotatable bonds is 2. The predicted octanol–water partition coefficient (Wildman–Crippen LogP) is 0.977. The number of carboxylic acids is 1. The van der Waals surface area contributed by atoms with Gasteiger partial charge in [-0.3, -0.25) is 4.79 Å². The molecule has 1 spiro atoms. The highest BCUT2D eigenvalue weighted by molar-refractivity contribution is 5.93. The van der Waals surface area contributed by atoms with E-state index in [-0.39, 0.29) is 31.8 Å². The highest BCUT2D eigenvalue weighted by Crippen LogP contribution is 2.49. The molecule has 21 heavy (non-hydrogen) atoms. The lowest BCUT2D eigenvalue weighted by Gasteiger charge is -2.53. The van der Waals surface area contributed by atoms with Gasteiger partial charge in [-0.1, -0.05) is 6.92 Å². The number of carbonyl (C=O) groups excluding carboxylic acids is 2. The third-order valence-corrected chi connectivity index (χ3v) is 4.29. The van der Waals surface area contributed by atoms with Gasteiger partial charge in [0.05, 0.1) is 0 Å². The van der Waals surface area contributed by atoms with Crippen LogP contribution in [-0.2, 0) is 14.3 Å². The molecule has 118 valence electrons. The van der Waals surface area contributed by atoms with E-state index in [0.29, 0.717) is 0 Å². The molecule has 2 saturated heterocycles. The first-order valence-corrected chi connectivity index (χ1v) is 7.08. The quantitative estimate of drug-likeness (QED) is 0.792.